The number of carbonyl (C=O) groups excluding carboxylic acids is 1. The molecular weight excluding hydrogens is 491 g/mol. The molecule has 162 valence electrons. The number of hydrogen-bond donors (Lipinski definition) is 4. The molecule has 1 saturated heterocycles. The van der Waals surface area contributed by atoms with Crippen molar-refractivity contribution in [2.45, 2.75) is 23.8 Å². The van der Waals surface area contributed by atoms with Gasteiger partial charge in [-0.1, -0.05) is 23.2 Å². The predicted octanol–water partition coefficient (Wildman–Crippen LogP) is 3.14. The van der Waals surface area contributed by atoms with Crippen LogP contribution in [0.3, 0.4) is 0 Å². The summed E-state index contributed by atoms with van der Waals surface area (Å²) in [5, 5.41) is 3.25. The summed E-state index contributed by atoms with van der Waals surface area (Å²) in [5.41, 5.74) is 5.67. The van der Waals surface area contributed by atoms with Gasteiger partial charge >= 0.3 is 0 Å². The normalized spacial score (nSPS) is 16.1. The van der Waals surface area contributed by atoms with Gasteiger partial charge in [0.1, 0.15) is 9.23 Å². The van der Waals surface area contributed by atoms with E-state index in [4.69, 9.17) is 40.2 Å². The number of benzene rings is 1. The van der Waals surface area contributed by atoms with Gasteiger partial charge in [-0.3, -0.25) is 20.4 Å². The first-order chi connectivity index (χ1) is 14.2. The lowest BCUT2D eigenvalue weighted by Gasteiger charge is -2.14. The molecule has 1 aromatic heterocycles. The summed E-state index contributed by atoms with van der Waals surface area (Å²) in [5.74, 6) is -0.432. The minimum atomic E-state index is -3.90. The summed E-state index contributed by atoms with van der Waals surface area (Å²) < 4.78 is 33.1. The molecule has 4 N–H and O–H groups in total. The number of hydrazine groups is 1. The van der Waals surface area contributed by atoms with Crippen LogP contribution >= 0.6 is 46.8 Å². The van der Waals surface area contributed by atoms with Crippen molar-refractivity contribution >= 4 is 73.5 Å². The first-order valence-corrected chi connectivity index (χ1v) is 12.2. The standard InChI is InChI=1S/C17H18Cl2N4O4S3/c18-14-8-13(15(19)29-14)30(25,26)23-11-5-3-10(4-6-11)16(24)21-22-17(28)20-9-12-2-1-7-27-12/h3-6,8,12,23H,1-2,7,9H2,(H,21,24)(H2,20,22,28)/t12-/m0/s1. The van der Waals surface area contributed by atoms with E-state index in [1.165, 1.54) is 30.3 Å². The molecule has 3 rings (SSSR count). The zero-order valence-corrected chi connectivity index (χ0v) is 19.4. The number of hydrogen-bond acceptors (Lipinski definition) is 6. The predicted molar refractivity (Wildman–Crippen MR) is 122 cm³/mol. The average molecular weight is 509 g/mol. The van der Waals surface area contributed by atoms with Gasteiger partial charge in [0.05, 0.1) is 10.4 Å². The number of thiophene rings is 1. The summed E-state index contributed by atoms with van der Waals surface area (Å²) in [4.78, 5) is 12.1. The monoisotopic (exact) mass is 508 g/mol. The van der Waals surface area contributed by atoms with Crippen molar-refractivity contribution in [1.29, 1.82) is 0 Å². The van der Waals surface area contributed by atoms with Crippen LogP contribution in [0, 0.1) is 0 Å². The molecule has 0 unspecified atom stereocenters. The molecule has 1 atom stereocenters. The second-order valence-corrected chi connectivity index (χ2v) is 10.6. The fraction of sp³-hybridized carbons (Fsp3) is 0.294. The Bertz CT molecular complexity index is 1020. The number of anilines is 1. The second kappa shape index (κ2) is 10.1. The van der Waals surface area contributed by atoms with Crippen molar-refractivity contribution in [3.63, 3.8) is 0 Å². The van der Waals surface area contributed by atoms with E-state index in [0.717, 1.165) is 30.8 Å². The van der Waals surface area contributed by atoms with Crippen molar-refractivity contribution in [3.8, 4) is 0 Å². The Morgan fingerprint density at radius 1 is 1.23 bits per heavy atom. The lowest BCUT2D eigenvalue weighted by atomic mass is 10.2. The van der Waals surface area contributed by atoms with Gasteiger partial charge in [-0.25, -0.2) is 8.42 Å². The Labute approximate surface area is 193 Å². The zero-order valence-electron chi connectivity index (χ0n) is 15.4. The Morgan fingerprint density at radius 3 is 2.57 bits per heavy atom. The minimum absolute atomic E-state index is 0.0682. The van der Waals surface area contributed by atoms with Crippen molar-refractivity contribution in [3.05, 3.63) is 44.6 Å². The number of carbonyl (C=O) groups is 1. The number of halogens is 2. The van der Waals surface area contributed by atoms with Gasteiger partial charge in [0.25, 0.3) is 15.9 Å². The fourth-order valence-corrected chi connectivity index (χ4v) is 5.99. The third-order valence-electron chi connectivity index (χ3n) is 4.12. The number of ether oxygens (including phenoxy) is 1. The fourth-order valence-electron chi connectivity index (χ4n) is 2.65. The Balaban J connectivity index is 1.51. The summed E-state index contributed by atoms with van der Waals surface area (Å²) in [6.45, 7) is 1.32. The van der Waals surface area contributed by atoms with Crippen LogP contribution in [-0.4, -0.2) is 38.7 Å². The summed E-state index contributed by atoms with van der Waals surface area (Å²) in [7, 11) is -3.90. The van der Waals surface area contributed by atoms with Crippen molar-refractivity contribution < 1.29 is 17.9 Å². The molecule has 30 heavy (non-hydrogen) atoms. The maximum atomic E-state index is 12.4. The number of thiocarbonyl (C=S) groups is 1. The van der Waals surface area contributed by atoms with Crippen LogP contribution in [0.1, 0.15) is 23.2 Å². The van der Waals surface area contributed by atoms with Crippen LogP contribution in [0.25, 0.3) is 0 Å². The SMILES string of the molecule is O=C(NNC(=S)NC[C@@H]1CCCO1)c1ccc(NS(=O)(=O)c2cc(Cl)sc2Cl)cc1. The molecule has 1 aromatic carbocycles. The maximum Gasteiger partial charge on any atom is 0.269 e. The quantitative estimate of drug-likeness (QED) is 0.350. The first-order valence-electron chi connectivity index (χ1n) is 8.78. The van der Waals surface area contributed by atoms with Gasteiger partial charge in [-0.15, -0.1) is 11.3 Å². The summed E-state index contributed by atoms with van der Waals surface area (Å²) in [6.07, 6.45) is 2.13. The molecule has 0 radical (unpaired) electrons. The molecule has 2 aromatic rings. The molecule has 1 aliphatic rings. The Kier molecular flexibility index (Phi) is 7.77. The van der Waals surface area contributed by atoms with Crippen LogP contribution in [0.5, 0.6) is 0 Å². The van der Waals surface area contributed by atoms with Gasteiger partial charge < -0.3 is 10.1 Å². The molecule has 0 aliphatic carbocycles. The van der Waals surface area contributed by atoms with E-state index in [2.05, 4.69) is 20.9 Å². The highest BCUT2D eigenvalue weighted by Crippen LogP contribution is 2.35. The molecule has 1 amide bonds. The lowest BCUT2D eigenvalue weighted by molar-refractivity contribution is 0.0943. The molecule has 1 fully saturated rings. The highest BCUT2D eigenvalue weighted by Gasteiger charge is 2.21. The van der Waals surface area contributed by atoms with E-state index in [1.54, 1.807) is 0 Å². The molecule has 0 bridgehead atoms. The average Bonchev–Trinajstić information content (AvgIpc) is 3.34. The maximum absolute atomic E-state index is 12.4. The Morgan fingerprint density at radius 2 is 1.97 bits per heavy atom. The third-order valence-corrected chi connectivity index (χ3v) is 7.50. The molecule has 0 spiro atoms. The topological polar surface area (TPSA) is 109 Å². The van der Waals surface area contributed by atoms with Crippen LogP contribution in [0.2, 0.25) is 8.67 Å². The van der Waals surface area contributed by atoms with E-state index in [9.17, 15) is 13.2 Å². The Hall–Kier alpha value is -1.63. The molecule has 1 aliphatic heterocycles. The van der Waals surface area contributed by atoms with Crippen LogP contribution in [0.15, 0.2) is 35.2 Å². The molecule has 0 saturated carbocycles. The van der Waals surface area contributed by atoms with Crippen LogP contribution in [0.4, 0.5) is 5.69 Å². The van der Waals surface area contributed by atoms with E-state index in [1.807, 2.05) is 0 Å². The largest absolute Gasteiger partial charge is 0.376 e. The smallest absolute Gasteiger partial charge is 0.269 e. The van der Waals surface area contributed by atoms with Gasteiger partial charge in [0.2, 0.25) is 0 Å². The second-order valence-electron chi connectivity index (χ2n) is 6.30. The van der Waals surface area contributed by atoms with Gasteiger partial charge in [-0.05, 0) is 55.4 Å². The van der Waals surface area contributed by atoms with Gasteiger partial charge in [0, 0.05) is 24.4 Å². The van der Waals surface area contributed by atoms with E-state index >= 15 is 0 Å². The zero-order chi connectivity index (χ0) is 21.7. The third kappa shape index (κ3) is 6.19. The van der Waals surface area contributed by atoms with Crippen molar-refractivity contribution in [1.82, 2.24) is 16.2 Å². The summed E-state index contributed by atoms with van der Waals surface area (Å²) in [6, 6.07) is 7.14. The van der Waals surface area contributed by atoms with E-state index in [0.29, 0.717) is 12.1 Å². The van der Waals surface area contributed by atoms with Gasteiger partial charge in [-0.2, -0.15) is 0 Å². The molecule has 8 nitrogen and oxygen atoms in total. The van der Waals surface area contributed by atoms with Gasteiger partial charge in [0.15, 0.2) is 5.11 Å². The molecule has 13 heteroatoms. The minimum Gasteiger partial charge on any atom is -0.376 e. The van der Waals surface area contributed by atoms with Crippen LogP contribution < -0.4 is 20.9 Å². The molecular formula is C17H18Cl2N4O4S3. The number of nitrogens with one attached hydrogen (secondary N) is 4. The van der Waals surface area contributed by atoms with Crippen LogP contribution in [-0.2, 0) is 14.8 Å². The van der Waals surface area contributed by atoms with Crippen molar-refractivity contribution in [2.75, 3.05) is 17.9 Å². The summed E-state index contributed by atoms with van der Waals surface area (Å²) >= 11 is 17.8. The lowest BCUT2D eigenvalue weighted by Crippen LogP contribution is -2.48. The van der Waals surface area contributed by atoms with E-state index < -0.39 is 15.9 Å². The van der Waals surface area contributed by atoms with E-state index in [-0.39, 0.29) is 30.5 Å². The highest BCUT2D eigenvalue weighted by molar-refractivity contribution is 7.93. The van der Waals surface area contributed by atoms with Crippen molar-refractivity contribution in [2.24, 2.45) is 0 Å². The number of amides is 1. The number of rotatable bonds is 6. The number of sulfonamides is 1. The highest BCUT2D eigenvalue weighted by atomic mass is 35.5. The first kappa shape index (κ1) is 23.0. The molecule has 2 heterocycles.